The predicted octanol–water partition coefficient (Wildman–Crippen LogP) is 2.43. The number of halogens is 1. The van der Waals surface area contributed by atoms with Crippen molar-refractivity contribution in [1.29, 1.82) is 0 Å². The van der Waals surface area contributed by atoms with Gasteiger partial charge in [-0.3, -0.25) is 4.79 Å². The normalized spacial score (nSPS) is 12.0. The van der Waals surface area contributed by atoms with Crippen LogP contribution in [0.3, 0.4) is 0 Å². The molecule has 0 aliphatic carbocycles. The first-order valence-corrected chi connectivity index (χ1v) is 6.06. The minimum Gasteiger partial charge on any atom is -0.491 e. The van der Waals surface area contributed by atoms with Crippen LogP contribution in [0, 0.1) is 13.8 Å². The third kappa shape index (κ3) is 4.65. The summed E-state index contributed by atoms with van der Waals surface area (Å²) in [4.78, 5) is 11.2. The van der Waals surface area contributed by atoms with Crippen LogP contribution < -0.4 is 10.1 Å². The number of carbonyl (C=O) groups is 1. The monoisotopic (exact) mass is 255 g/mol. The Bertz CT molecular complexity index is 391. The van der Waals surface area contributed by atoms with Crippen molar-refractivity contribution in [1.82, 2.24) is 5.32 Å². The number of alkyl halides is 1. The van der Waals surface area contributed by atoms with Gasteiger partial charge >= 0.3 is 0 Å². The Morgan fingerprint density at radius 3 is 2.82 bits per heavy atom. The van der Waals surface area contributed by atoms with Crippen molar-refractivity contribution in [3.63, 3.8) is 0 Å². The lowest BCUT2D eigenvalue weighted by Gasteiger charge is -2.11. The second-order valence-electron chi connectivity index (χ2n) is 4.02. The maximum absolute atomic E-state index is 11.2. The van der Waals surface area contributed by atoms with Crippen molar-refractivity contribution < 1.29 is 9.53 Å². The molecule has 94 valence electrons. The van der Waals surface area contributed by atoms with E-state index in [2.05, 4.69) is 5.32 Å². The zero-order valence-electron chi connectivity index (χ0n) is 10.4. The second-order valence-corrected chi connectivity index (χ2v) is 4.68. The van der Waals surface area contributed by atoms with Gasteiger partial charge in [0.1, 0.15) is 17.7 Å². The van der Waals surface area contributed by atoms with Gasteiger partial charge in [-0.1, -0.05) is 12.1 Å². The van der Waals surface area contributed by atoms with Crippen LogP contribution in [0.5, 0.6) is 5.75 Å². The summed E-state index contributed by atoms with van der Waals surface area (Å²) >= 11 is 5.62. The van der Waals surface area contributed by atoms with E-state index in [-0.39, 0.29) is 5.91 Å². The summed E-state index contributed by atoms with van der Waals surface area (Å²) in [6.07, 6.45) is 0. The van der Waals surface area contributed by atoms with Gasteiger partial charge in [-0.15, -0.1) is 11.6 Å². The number of carbonyl (C=O) groups excluding carboxylic acids is 1. The Hall–Kier alpha value is -1.22. The third-order valence-electron chi connectivity index (χ3n) is 2.36. The summed E-state index contributed by atoms with van der Waals surface area (Å²) in [5.41, 5.74) is 2.25. The molecule has 1 N–H and O–H groups in total. The molecule has 0 spiro atoms. The Balaban J connectivity index is 2.36. The van der Waals surface area contributed by atoms with Crippen LogP contribution in [0.15, 0.2) is 18.2 Å². The lowest BCUT2D eigenvalue weighted by Crippen LogP contribution is -2.32. The minimum atomic E-state index is -0.504. The summed E-state index contributed by atoms with van der Waals surface area (Å²) in [6, 6.07) is 6.05. The van der Waals surface area contributed by atoms with Crippen LogP contribution in [0.25, 0.3) is 0 Å². The molecule has 0 saturated carbocycles. The molecule has 1 rings (SSSR count). The molecule has 0 bridgehead atoms. The Morgan fingerprint density at radius 1 is 1.47 bits per heavy atom. The molecule has 1 aromatic rings. The number of amides is 1. The van der Waals surface area contributed by atoms with Crippen molar-refractivity contribution in [2.24, 2.45) is 0 Å². The van der Waals surface area contributed by atoms with E-state index < -0.39 is 5.38 Å². The van der Waals surface area contributed by atoms with Crippen molar-refractivity contribution in [2.45, 2.75) is 26.1 Å². The highest BCUT2D eigenvalue weighted by Crippen LogP contribution is 2.18. The minimum absolute atomic E-state index is 0.170. The molecule has 1 aromatic carbocycles. The van der Waals surface area contributed by atoms with Gasteiger partial charge < -0.3 is 10.1 Å². The quantitative estimate of drug-likeness (QED) is 0.648. The molecule has 0 aliphatic rings. The van der Waals surface area contributed by atoms with E-state index in [0.29, 0.717) is 13.2 Å². The highest BCUT2D eigenvalue weighted by Gasteiger charge is 2.07. The lowest BCUT2D eigenvalue weighted by atomic mass is 10.1. The van der Waals surface area contributed by atoms with Gasteiger partial charge in [-0.2, -0.15) is 0 Å². The summed E-state index contributed by atoms with van der Waals surface area (Å²) in [7, 11) is 0. The molecule has 1 atom stereocenters. The van der Waals surface area contributed by atoms with Crippen LogP contribution in [-0.4, -0.2) is 24.4 Å². The van der Waals surface area contributed by atoms with E-state index in [0.717, 1.165) is 16.9 Å². The fraction of sp³-hybridized carbons (Fsp3) is 0.462. The van der Waals surface area contributed by atoms with Crippen LogP contribution in [0.4, 0.5) is 0 Å². The maximum Gasteiger partial charge on any atom is 0.237 e. The molecule has 17 heavy (non-hydrogen) atoms. The van der Waals surface area contributed by atoms with E-state index in [1.807, 2.05) is 32.0 Å². The largest absolute Gasteiger partial charge is 0.491 e. The molecule has 0 fully saturated rings. The first kappa shape index (κ1) is 13.8. The van der Waals surface area contributed by atoms with Gasteiger partial charge in [0, 0.05) is 0 Å². The fourth-order valence-corrected chi connectivity index (χ4v) is 1.42. The highest BCUT2D eigenvalue weighted by molar-refractivity contribution is 6.30. The van der Waals surface area contributed by atoms with E-state index in [4.69, 9.17) is 16.3 Å². The highest BCUT2D eigenvalue weighted by atomic mass is 35.5. The van der Waals surface area contributed by atoms with Crippen LogP contribution >= 0.6 is 11.6 Å². The smallest absolute Gasteiger partial charge is 0.237 e. The van der Waals surface area contributed by atoms with E-state index >= 15 is 0 Å². The van der Waals surface area contributed by atoms with Crippen LogP contribution in [0.1, 0.15) is 18.1 Å². The summed E-state index contributed by atoms with van der Waals surface area (Å²) in [5, 5.41) is 2.19. The summed E-state index contributed by atoms with van der Waals surface area (Å²) in [5.74, 6) is 0.689. The van der Waals surface area contributed by atoms with E-state index in [1.165, 1.54) is 0 Å². The first-order chi connectivity index (χ1) is 8.00. The predicted molar refractivity (Wildman–Crippen MR) is 69.7 cm³/mol. The number of aryl methyl sites for hydroxylation is 2. The third-order valence-corrected chi connectivity index (χ3v) is 2.56. The average Bonchev–Trinajstić information content (AvgIpc) is 2.28. The summed E-state index contributed by atoms with van der Waals surface area (Å²) in [6.45, 7) is 6.56. The molecule has 0 aromatic heterocycles. The van der Waals surface area contributed by atoms with E-state index in [9.17, 15) is 4.79 Å². The summed E-state index contributed by atoms with van der Waals surface area (Å²) < 4.78 is 5.59. The van der Waals surface area contributed by atoms with Gasteiger partial charge in [-0.25, -0.2) is 0 Å². The van der Waals surface area contributed by atoms with Crippen molar-refractivity contribution in [3.05, 3.63) is 29.3 Å². The zero-order chi connectivity index (χ0) is 12.8. The van der Waals surface area contributed by atoms with Gasteiger partial charge in [0.05, 0.1) is 6.54 Å². The van der Waals surface area contributed by atoms with Crippen LogP contribution in [-0.2, 0) is 4.79 Å². The molecular weight excluding hydrogens is 238 g/mol. The molecule has 1 unspecified atom stereocenters. The van der Waals surface area contributed by atoms with Crippen molar-refractivity contribution in [2.75, 3.05) is 13.2 Å². The molecule has 0 saturated heterocycles. The van der Waals surface area contributed by atoms with Gasteiger partial charge in [0.2, 0.25) is 5.91 Å². The Kier molecular flexibility index (Phi) is 5.29. The van der Waals surface area contributed by atoms with Crippen molar-refractivity contribution in [3.8, 4) is 5.75 Å². The molecule has 3 nitrogen and oxygen atoms in total. The Morgan fingerprint density at radius 2 is 2.18 bits per heavy atom. The van der Waals surface area contributed by atoms with E-state index in [1.54, 1.807) is 6.92 Å². The molecule has 0 heterocycles. The zero-order valence-corrected chi connectivity index (χ0v) is 11.2. The van der Waals surface area contributed by atoms with Gasteiger partial charge in [-0.05, 0) is 38.0 Å². The fourth-order valence-electron chi connectivity index (χ4n) is 1.34. The maximum atomic E-state index is 11.2. The standard InChI is InChI=1S/C13H18ClNO2/c1-9-4-5-10(2)12(8-9)17-7-6-15-13(16)11(3)14/h4-5,8,11H,6-7H2,1-3H3,(H,15,16). The number of rotatable bonds is 5. The van der Waals surface area contributed by atoms with Crippen molar-refractivity contribution >= 4 is 17.5 Å². The Labute approximate surface area is 107 Å². The SMILES string of the molecule is Cc1ccc(C)c(OCCNC(=O)C(C)Cl)c1. The lowest BCUT2D eigenvalue weighted by molar-refractivity contribution is -0.120. The molecule has 4 heteroatoms. The van der Waals surface area contributed by atoms with Crippen LogP contribution in [0.2, 0.25) is 0 Å². The van der Waals surface area contributed by atoms with Gasteiger partial charge in [0.15, 0.2) is 0 Å². The number of ether oxygens (including phenoxy) is 1. The first-order valence-electron chi connectivity index (χ1n) is 5.62. The molecule has 1 amide bonds. The second kappa shape index (κ2) is 6.50. The topological polar surface area (TPSA) is 38.3 Å². The average molecular weight is 256 g/mol. The van der Waals surface area contributed by atoms with Gasteiger partial charge in [0.25, 0.3) is 0 Å². The molecular formula is C13H18ClNO2. The number of benzene rings is 1. The number of nitrogens with one attached hydrogen (secondary N) is 1. The number of hydrogen-bond acceptors (Lipinski definition) is 2. The number of hydrogen-bond donors (Lipinski definition) is 1. The molecule has 0 radical (unpaired) electrons. The molecule has 0 aliphatic heterocycles.